The van der Waals surface area contributed by atoms with E-state index < -0.39 is 0 Å². The van der Waals surface area contributed by atoms with Crippen LogP contribution < -0.4 is 11.5 Å². The molecular weight excluding hydrogens is 147 g/mol. The molecule has 0 aromatic rings. The van der Waals surface area contributed by atoms with Gasteiger partial charge in [0.05, 0.1) is 11.9 Å². The number of thiocarbonyl (C=S) groups is 1. The summed E-state index contributed by atoms with van der Waals surface area (Å²) in [5.41, 5.74) is 9.24. The summed E-state index contributed by atoms with van der Waals surface area (Å²) < 4.78 is 6.47. The fraction of sp³-hybridized carbons (Fsp3) is 0. The molecule has 7 heavy (non-hydrogen) atoms. The second-order valence-corrected chi connectivity index (χ2v) is 0.874. The number of halogens is 1. The van der Waals surface area contributed by atoms with Gasteiger partial charge in [-0.1, -0.05) is 0 Å². The van der Waals surface area contributed by atoms with Gasteiger partial charge < -0.3 is 11.5 Å². The Labute approximate surface area is 74.5 Å². The van der Waals surface area contributed by atoms with Crippen molar-refractivity contribution in [2.75, 3.05) is 0 Å². The predicted molar refractivity (Wildman–Crippen MR) is 36.2 cm³/mol. The van der Waals surface area contributed by atoms with E-state index in [2.05, 4.69) is 35.6 Å². The molecule has 0 aliphatic heterocycles. The van der Waals surface area contributed by atoms with E-state index in [1.54, 1.807) is 0 Å². The molecule has 0 saturated heterocycles. The third-order valence-corrected chi connectivity index (χ3v) is 0. The van der Waals surface area contributed by atoms with Gasteiger partial charge in [-0.3, -0.25) is 4.66 Å². The Bertz CT molecular complexity index is 40.7. The van der Waals surface area contributed by atoms with Crippen LogP contribution in [-0.4, -0.2) is 39.3 Å². The van der Waals surface area contributed by atoms with Crippen LogP contribution in [0.5, 0.6) is 0 Å². The van der Waals surface area contributed by atoms with Crippen molar-refractivity contribution in [3.05, 3.63) is 0 Å². The number of nitrogens with two attached hydrogens (primary N) is 2. The zero-order valence-corrected chi connectivity index (χ0v) is 4.46. The summed E-state index contributed by atoms with van der Waals surface area (Å²) in [5, 5.41) is 0.000000000000000222. The maximum absolute atomic E-state index is 6.47. The van der Waals surface area contributed by atoms with Gasteiger partial charge in [-0.15, -0.1) is 0 Å². The Morgan fingerprint density at radius 3 is 1.43 bits per heavy atom. The molecule has 6 heteroatoms. The average Bonchev–Trinajstić information content (AvgIpc) is 1.41. The molecule has 0 aliphatic rings. The summed E-state index contributed by atoms with van der Waals surface area (Å²) in [6.07, 6.45) is 0. The van der Waals surface area contributed by atoms with Crippen LogP contribution in [0.1, 0.15) is 0 Å². The number of hydrogen-bond acceptors (Lipinski definition) is 2. The summed E-state index contributed by atoms with van der Waals surface area (Å²) in [6, 6.07) is 0. The van der Waals surface area contributed by atoms with E-state index in [0.29, 0.717) is 0 Å². The van der Waals surface area contributed by atoms with Crippen molar-refractivity contribution in [3.63, 3.8) is 0 Å². The second kappa shape index (κ2) is 15.8. The molecule has 0 heterocycles. The molecule has 3 nitrogen and oxygen atoms in total. The molecule has 0 spiro atoms. The predicted octanol–water partition coefficient (Wildman–Crippen LogP) is -1.33. The molecule has 0 atom stereocenters. The summed E-state index contributed by atoms with van der Waals surface area (Å²) in [7, 11) is 0. The number of rotatable bonds is 0. The molecule has 0 radical (unpaired) electrons. The average molecular weight is 153 g/mol. The third kappa shape index (κ3) is 192. The molecule has 40 valence electrons. The van der Waals surface area contributed by atoms with Gasteiger partial charge in [-0.05, 0) is 12.2 Å². The van der Waals surface area contributed by atoms with Gasteiger partial charge in [0.2, 0.25) is 0 Å². The van der Waals surface area contributed by atoms with Crippen molar-refractivity contribution in [3.8, 4) is 0 Å². The van der Waals surface area contributed by atoms with Gasteiger partial charge >= 0.3 is 29.6 Å². The van der Waals surface area contributed by atoms with Crippen molar-refractivity contribution in [2.24, 2.45) is 11.5 Å². The van der Waals surface area contributed by atoms with E-state index in [1.807, 2.05) is 0 Å². The zero-order chi connectivity index (χ0) is 5.58. The van der Waals surface area contributed by atoms with E-state index in [0.717, 1.165) is 0 Å². The standard InChI is InChI=1S/CH4N2S.ClHO.Na.H/c2-1(3)4;1-2;;/h(H4,2,3,4);2H;;. The van der Waals surface area contributed by atoms with E-state index in [4.69, 9.17) is 4.66 Å². The second-order valence-electron chi connectivity index (χ2n) is 0.402. The molecule has 0 saturated carbocycles. The first-order valence-electron chi connectivity index (χ1n) is 0.951. The number of hydrogen-bond donors (Lipinski definition) is 3. The fourth-order valence-corrected chi connectivity index (χ4v) is 0. The molecule has 5 N–H and O–H groups in total. The van der Waals surface area contributed by atoms with Gasteiger partial charge in [0, 0.05) is 0 Å². The molecule has 0 amide bonds. The van der Waals surface area contributed by atoms with Crippen LogP contribution in [0.4, 0.5) is 0 Å². The maximum atomic E-state index is 6.47. The summed E-state index contributed by atoms with van der Waals surface area (Å²) in [5.74, 6) is 0. The monoisotopic (exact) mass is 152 g/mol. The first kappa shape index (κ1) is 15.7. The molecule has 0 aromatic carbocycles. The summed E-state index contributed by atoms with van der Waals surface area (Å²) in [4.78, 5) is 0. The minimum absolute atomic E-state index is 0. The Kier molecular flexibility index (Phi) is 35.3. The van der Waals surface area contributed by atoms with Crippen LogP contribution in [0, 0.1) is 0 Å². The van der Waals surface area contributed by atoms with Gasteiger partial charge in [0.25, 0.3) is 0 Å². The van der Waals surface area contributed by atoms with Gasteiger partial charge in [-0.25, -0.2) is 0 Å². The minimum atomic E-state index is 0. The summed E-state index contributed by atoms with van der Waals surface area (Å²) >= 11 is 7.73. The normalized spacial score (nSPS) is 4.29. The van der Waals surface area contributed by atoms with E-state index in [9.17, 15) is 0 Å². The van der Waals surface area contributed by atoms with Crippen LogP contribution in [0.2, 0.25) is 0 Å². The van der Waals surface area contributed by atoms with Gasteiger partial charge in [0.15, 0.2) is 5.11 Å². The molecule has 0 aromatic heterocycles. The zero-order valence-electron chi connectivity index (χ0n) is 2.89. The van der Waals surface area contributed by atoms with Crippen LogP contribution in [0.3, 0.4) is 0 Å². The molecule has 0 unspecified atom stereocenters. The van der Waals surface area contributed by atoms with E-state index in [-0.39, 0.29) is 34.7 Å². The van der Waals surface area contributed by atoms with Crippen LogP contribution >= 0.6 is 24.1 Å². The SMILES string of the molecule is NC(N)=S.OCl.[NaH]. The van der Waals surface area contributed by atoms with E-state index in [1.165, 1.54) is 0 Å². The quantitative estimate of drug-likeness (QED) is 0.297. The molecule has 0 rings (SSSR count). The Morgan fingerprint density at radius 2 is 1.43 bits per heavy atom. The summed E-state index contributed by atoms with van der Waals surface area (Å²) in [6.45, 7) is 0. The topological polar surface area (TPSA) is 72.3 Å². The van der Waals surface area contributed by atoms with E-state index >= 15 is 0 Å². The van der Waals surface area contributed by atoms with Crippen molar-refractivity contribution in [2.45, 2.75) is 0 Å². The van der Waals surface area contributed by atoms with Crippen molar-refractivity contribution < 1.29 is 4.66 Å². The first-order chi connectivity index (χ1) is 2.73. The van der Waals surface area contributed by atoms with Crippen LogP contribution in [0.25, 0.3) is 0 Å². The van der Waals surface area contributed by atoms with Gasteiger partial charge in [0.1, 0.15) is 0 Å². The first-order valence-corrected chi connectivity index (χ1v) is 1.70. The third-order valence-electron chi connectivity index (χ3n) is 0. The van der Waals surface area contributed by atoms with Crippen molar-refractivity contribution >= 4 is 58.8 Å². The molecule has 0 aliphatic carbocycles. The van der Waals surface area contributed by atoms with Crippen molar-refractivity contribution in [1.29, 1.82) is 0 Å². The Morgan fingerprint density at radius 1 is 1.43 bits per heavy atom. The fourth-order valence-electron chi connectivity index (χ4n) is 0. The Balaban J connectivity index is -0.0000000480. The molecule has 0 bridgehead atoms. The van der Waals surface area contributed by atoms with Crippen LogP contribution in [0.15, 0.2) is 0 Å². The Hall–Kier alpha value is 0.940. The molecular formula is CH6ClN2NaOS. The molecule has 0 fully saturated rings. The van der Waals surface area contributed by atoms with Crippen LogP contribution in [-0.2, 0) is 0 Å². The van der Waals surface area contributed by atoms with Crippen molar-refractivity contribution in [1.82, 2.24) is 0 Å². The van der Waals surface area contributed by atoms with Gasteiger partial charge in [-0.2, -0.15) is 0 Å².